The lowest BCUT2D eigenvalue weighted by atomic mass is 9.87. The summed E-state index contributed by atoms with van der Waals surface area (Å²) in [6.07, 6.45) is 7.96. The summed E-state index contributed by atoms with van der Waals surface area (Å²) in [5.74, 6) is -0.400. The Kier molecular flexibility index (Phi) is 7.00. The summed E-state index contributed by atoms with van der Waals surface area (Å²) in [4.78, 5) is 16.1. The van der Waals surface area contributed by atoms with Crippen molar-refractivity contribution in [2.24, 2.45) is 13.0 Å². The quantitative estimate of drug-likeness (QED) is 0.524. The van der Waals surface area contributed by atoms with E-state index in [2.05, 4.69) is 27.5 Å². The van der Waals surface area contributed by atoms with Crippen LogP contribution in [0, 0.1) is 12.8 Å². The van der Waals surface area contributed by atoms with Gasteiger partial charge in [-0.3, -0.25) is 4.79 Å². The molecule has 3 aromatic rings. The van der Waals surface area contributed by atoms with Crippen molar-refractivity contribution >= 4 is 5.97 Å². The van der Waals surface area contributed by atoms with Gasteiger partial charge in [-0.05, 0) is 57.6 Å². The summed E-state index contributed by atoms with van der Waals surface area (Å²) in [6, 6.07) is 3.76. The van der Waals surface area contributed by atoms with Crippen LogP contribution in [0.2, 0.25) is 0 Å². The van der Waals surface area contributed by atoms with Crippen LogP contribution in [-0.4, -0.2) is 52.2 Å². The first-order valence-corrected chi connectivity index (χ1v) is 11.6. The summed E-state index contributed by atoms with van der Waals surface area (Å²) < 4.78 is 9.67. The van der Waals surface area contributed by atoms with Crippen molar-refractivity contribution in [1.29, 1.82) is 0 Å². The van der Waals surface area contributed by atoms with Crippen LogP contribution in [0.5, 0.6) is 5.75 Å². The first-order chi connectivity index (χ1) is 15.9. The molecule has 1 N–H and O–H groups in total. The molecule has 0 spiro atoms. The average molecular weight is 454 g/mol. The highest BCUT2D eigenvalue weighted by molar-refractivity contribution is 5.70. The number of pyridine rings is 1. The van der Waals surface area contributed by atoms with Gasteiger partial charge in [0.05, 0.1) is 41.3 Å². The summed E-state index contributed by atoms with van der Waals surface area (Å²) in [7, 11) is 1.85. The second kappa shape index (κ2) is 10.1. The van der Waals surface area contributed by atoms with Crippen molar-refractivity contribution in [2.45, 2.75) is 71.4 Å². The Labute approximate surface area is 193 Å². The number of carboxylic acid groups (broad SMARTS) is 1. The van der Waals surface area contributed by atoms with Crippen LogP contribution < -0.4 is 4.74 Å². The largest absolute Gasteiger partial charge is 0.489 e. The Balaban J connectivity index is 1.49. The maximum atomic E-state index is 11.3. The van der Waals surface area contributed by atoms with E-state index in [0.717, 1.165) is 49.2 Å². The van der Waals surface area contributed by atoms with Crippen molar-refractivity contribution in [3.63, 3.8) is 0 Å². The Hall–Kier alpha value is -3.30. The van der Waals surface area contributed by atoms with Gasteiger partial charge in [0.25, 0.3) is 0 Å². The van der Waals surface area contributed by atoms with Crippen LogP contribution in [0.15, 0.2) is 18.3 Å². The predicted molar refractivity (Wildman–Crippen MR) is 121 cm³/mol. The van der Waals surface area contributed by atoms with E-state index < -0.39 is 5.97 Å². The van der Waals surface area contributed by atoms with Crippen LogP contribution in [0.4, 0.5) is 0 Å². The van der Waals surface area contributed by atoms with Gasteiger partial charge in [-0.2, -0.15) is 0 Å². The lowest BCUT2D eigenvalue weighted by molar-refractivity contribution is -0.143. The van der Waals surface area contributed by atoms with E-state index in [9.17, 15) is 9.90 Å². The van der Waals surface area contributed by atoms with Gasteiger partial charge in [-0.15, -0.1) is 10.2 Å². The van der Waals surface area contributed by atoms with E-state index in [1.54, 1.807) is 9.36 Å². The van der Waals surface area contributed by atoms with Crippen molar-refractivity contribution in [1.82, 2.24) is 35.0 Å². The van der Waals surface area contributed by atoms with Crippen LogP contribution >= 0.6 is 0 Å². The second-order valence-electron chi connectivity index (χ2n) is 8.74. The number of aromatic nitrogens is 7. The van der Waals surface area contributed by atoms with Gasteiger partial charge < -0.3 is 9.84 Å². The fourth-order valence-electron chi connectivity index (χ4n) is 4.26. The van der Waals surface area contributed by atoms with Gasteiger partial charge in [0, 0.05) is 13.2 Å². The van der Waals surface area contributed by atoms with E-state index in [1.165, 1.54) is 0 Å². The third-order valence-electron chi connectivity index (χ3n) is 6.18. The Morgan fingerprint density at radius 3 is 2.85 bits per heavy atom. The fraction of sp³-hybridized carbons (Fsp3) is 0.565. The van der Waals surface area contributed by atoms with Crippen LogP contribution in [0.1, 0.15) is 62.5 Å². The van der Waals surface area contributed by atoms with Gasteiger partial charge in [0.15, 0.2) is 0 Å². The molecule has 10 nitrogen and oxygen atoms in total. The van der Waals surface area contributed by atoms with Gasteiger partial charge >= 0.3 is 5.97 Å². The molecule has 1 aliphatic carbocycles. The van der Waals surface area contributed by atoms with Crippen molar-refractivity contribution in [3.05, 3.63) is 35.4 Å². The topological polar surface area (TPSA) is 121 Å². The molecule has 1 aliphatic rings. The molecule has 0 amide bonds. The van der Waals surface area contributed by atoms with Crippen molar-refractivity contribution < 1.29 is 14.6 Å². The molecule has 2 atom stereocenters. The molecule has 0 saturated heterocycles. The first-order valence-electron chi connectivity index (χ1n) is 11.6. The number of nitrogens with zero attached hydrogens (tertiary/aromatic N) is 7. The van der Waals surface area contributed by atoms with E-state index in [-0.39, 0.29) is 12.0 Å². The molecule has 3 aromatic heterocycles. The zero-order valence-corrected chi connectivity index (χ0v) is 19.4. The molecule has 1 saturated carbocycles. The number of hydrogen-bond donors (Lipinski definition) is 1. The summed E-state index contributed by atoms with van der Waals surface area (Å²) in [6.45, 7) is 4.55. The van der Waals surface area contributed by atoms with E-state index in [4.69, 9.17) is 9.72 Å². The molecule has 10 heteroatoms. The molecular formula is C23H31N7O3. The van der Waals surface area contributed by atoms with Crippen LogP contribution in [0.25, 0.3) is 11.4 Å². The SMILES string of the molecule is CCCCc1cn(Cc2c(-c3ccc(OC4CCC[C@H](C(=O)O)C4)c(C)n3)nnn2C)nn1. The van der Waals surface area contributed by atoms with Gasteiger partial charge in [-0.25, -0.2) is 14.3 Å². The Morgan fingerprint density at radius 1 is 1.24 bits per heavy atom. The summed E-state index contributed by atoms with van der Waals surface area (Å²) in [5.41, 5.74) is 4.02. The minimum absolute atomic E-state index is 0.104. The Morgan fingerprint density at radius 2 is 2.09 bits per heavy atom. The normalized spacial score (nSPS) is 18.4. The van der Waals surface area contributed by atoms with Gasteiger partial charge in [0.1, 0.15) is 11.4 Å². The van der Waals surface area contributed by atoms with E-state index in [1.807, 2.05) is 32.3 Å². The highest BCUT2D eigenvalue weighted by atomic mass is 16.5. The highest BCUT2D eigenvalue weighted by Crippen LogP contribution is 2.30. The average Bonchev–Trinajstić information content (AvgIpc) is 3.41. The third kappa shape index (κ3) is 5.37. The highest BCUT2D eigenvalue weighted by Gasteiger charge is 2.28. The number of ether oxygens (including phenoxy) is 1. The minimum atomic E-state index is -0.742. The van der Waals surface area contributed by atoms with Crippen LogP contribution in [0.3, 0.4) is 0 Å². The number of aryl methyl sites for hydroxylation is 3. The number of rotatable bonds is 9. The summed E-state index contributed by atoms with van der Waals surface area (Å²) >= 11 is 0. The molecule has 33 heavy (non-hydrogen) atoms. The minimum Gasteiger partial charge on any atom is -0.489 e. The maximum Gasteiger partial charge on any atom is 0.306 e. The molecule has 4 rings (SSSR count). The van der Waals surface area contributed by atoms with Gasteiger partial charge in [0.2, 0.25) is 0 Å². The molecule has 0 radical (unpaired) electrons. The Bertz CT molecular complexity index is 1110. The number of hydrogen-bond acceptors (Lipinski definition) is 7. The molecular weight excluding hydrogens is 422 g/mol. The molecule has 1 unspecified atom stereocenters. The number of unbranched alkanes of at least 4 members (excludes halogenated alkanes) is 1. The fourth-order valence-corrected chi connectivity index (χ4v) is 4.26. The van der Waals surface area contributed by atoms with Crippen molar-refractivity contribution in [3.8, 4) is 17.1 Å². The van der Waals surface area contributed by atoms with Gasteiger partial charge in [-0.1, -0.05) is 23.8 Å². The third-order valence-corrected chi connectivity index (χ3v) is 6.18. The number of aliphatic carboxylic acids is 1. The lowest BCUT2D eigenvalue weighted by Gasteiger charge is -2.27. The van der Waals surface area contributed by atoms with Crippen molar-refractivity contribution in [2.75, 3.05) is 0 Å². The summed E-state index contributed by atoms with van der Waals surface area (Å²) in [5, 5.41) is 26.4. The molecule has 3 heterocycles. The zero-order chi connectivity index (χ0) is 23.4. The molecule has 176 valence electrons. The number of carbonyl (C=O) groups is 1. The molecule has 0 aliphatic heterocycles. The zero-order valence-electron chi connectivity index (χ0n) is 19.4. The molecule has 1 fully saturated rings. The standard InChI is InChI=1S/C23H31N7O3/c1-4-5-8-17-13-30(28-25-17)14-20-22(26-27-29(20)3)19-10-11-21(15(2)24-19)33-18-9-6-7-16(12-18)23(31)32/h10-11,13,16,18H,4-9,12,14H2,1-3H3,(H,31,32)/t16-,18?/m0/s1. The monoisotopic (exact) mass is 453 g/mol. The van der Waals surface area contributed by atoms with E-state index >= 15 is 0 Å². The van der Waals surface area contributed by atoms with E-state index in [0.29, 0.717) is 36.5 Å². The molecule has 0 bridgehead atoms. The maximum absolute atomic E-state index is 11.3. The second-order valence-corrected chi connectivity index (χ2v) is 8.74. The predicted octanol–water partition coefficient (Wildman–Crippen LogP) is 3.19. The van der Waals surface area contributed by atoms with Crippen LogP contribution in [-0.2, 0) is 24.8 Å². The number of carboxylic acids is 1. The first kappa shape index (κ1) is 22.9. The smallest absolute Gasteiger partial charge is 0.306 e. The molecule has 0 aromatic carbocycles. The lowest BCUT2D eigenvalue weighted by Crippen LogP contribution is -2.29.